The van der Waals surface area contributed by atoms with Crippen molar-refractivity contribution in [3.63, 3.8) is 0 Å². The average Bonchev–Trinajstić information content (AvgIpc) is 3.32. The van der Waals surface area contributed by atoms with Crippen molar-refractivity contribution in [1.82, 2.24) is 9.97 Å². The van der Waals surface area contributed by atoms with E-state index in [1.165, 1.54) is 20.3 Å². The molecule has 3 rings (SSSR count). The van der Waals surface area contributed by atoms with Crippen LogP contribution in [0.2, 0.25) is 0 Å². The number of aromatic nitrogens is 2. The molecule has 1 N–H and O–H groups in total. The summed E-state index contributed by atoms with van der Waals surface area (Å²) in [5.41, 5.74) is 0.501. The molecule has 1 aromatic carbocycles. The Morgan fingerprint density at radius 2 is 2.00 bits per heavy atom. The normalized spacial score (nSPS) is 15.1. The van der Waals surface area contributed by atoms with E-state index >= 15 is 0 Å². The van der Waals surface area contributed by atoms with E-state index in [9.17, 15) is 4.39 Å². The first-order valence-corrected chi connectivity index (χ1v) is 7.54. The molecule has 0 saturated heterocycles. The molecule has 1 aromatic heterocycles. The molecule has 23 heavy (non-hydrogen) atoms. The van der Waals surface area contributed by atoms with Gasteiger partial charge in [0.05, 0.1) is 19.8 Å². The molecule has 0 atom stereocenters. The summed E-state index contributed by atoms with van der Waals surface area (Å²) < 4.78 is 24.6. The van der Waals surface area contributed by atoms with Crippen LogP contribution in [-0.2, 0) is 12.0 Å². The van der Waals surface area contributed by atoms with Crippen molar-refractivity contribution >= 4 is 5.82 Å². The molecule has 2 aromatic rings. The smallest absolute Gasteiger partial charge is 0.168 e. The molecule has 122 valence electrons. The van der Waals surface area contributed by atoms with E-state index in [0.29, 0.717) is 22.9 Å². The third-order valence-corrected chi connectivity index (χ3v) is 4.23. The number of nitrogens with one attached hydrogen (secondary N) is 1. The quantitative estimate of drug-likeness (QED) is 0.886. The van der Waals surface area contributed by atoms with Gasteiger partial charge in [-0.3, -0.25) is 0 Å². The summed E-state index contributed by atoms with van der Waals surface area (Å²) >= 11 is 0. The summed E-state index contributed by atoms with van der Waals surface area (Å²) in [5, 5.41) is 3.14. The second kappa shape index (κ2) is 6.02. The molecule has 0 bridgehead atoms. The minimum absolute atomic E-state index is 0.0938. The molecule has 1 fully saturated rings. The van der Waals surface area contributed by atoms with E-state index in [1.54, 1.807) is 18.3 Å². The van der Waals surface area contributed by atoms with Crippen LogP contribution in [0.1, 0.15) is 31.2 Å². The predicted octanol–water partition coefficient (Wildman–Crippen LogP) is 3.30. The van der Waals surface area contributed by atoms with Gasteiger partial charge in [0.2, 0.25) is 0 Å². The van der Waals surface area contributed by atoms with Crippen molar-refractivity contribution in [3.8, 4) is 11.5 Å². The van der Waals surface area contributed by atoms with Crippen LogP contribution in [0.3, 0.4) is 0 Å². The minimum Gasteiger partial charge on any atom is -0.493 e. The molecule has 0 amide bonds. The number of rotatable bonds is 6. The van der Waals surface area contributed by atoms with Gasteiger partial charge in [-0.25, -0.2) is 14.4 Å². The van der Waals surface area contributed by atoms with Crippen LogP contribution in [0.4, 0.5) is 10.2 Å². The Kier molecular flexibility index (Phi) is 4.07. The highest BCUT2D eigenvalue weighted by atomic mass is 19.1. The fourth-order valence-corrected chi connectivity index (χ4v) is 2.47. The van der Waals surface area contributed by atoms with Crippen LogP contribution >= 0.6 is 0 Å². The van der Waals surface area contributed by atoms with Gasteiger partial charge in [0.25, 0.3) is 0 Å². The van der Waals surface area contributed by atoms with Gasteiger partial charge in [0.1, 0.15) is 17.5 Å². The Bertz CT molecular complexity index is 717. The first-order valence-electron chi connectivity index (χ1n) is 7.54. The molecule has 1 heterocycles. The van der Waals surface area contributed by atoms with E-state index in [2.05, 4.69) is 22.2 Å². The number of methoxy groups -OCH3 is 2. The van der Waals surface area contributed by atoms with E-state index in [0.717, 1.165) is 18.7 Å². The van der Waals surface area contributed by atoms with Crippen molar-refractivity contribution in [1.29, 1.82) is 0 Å². The number of anilines is 1. The largest absolute Gasteiger partial charge is 0.493 e. The summed E-state index contributed by atoms with van der Waals surface area (Å²) in [6.07, 6.45) is 3.94. The number of nitrogens with zero attached hydrogens (tertiary/aromatic N) is 2. The van der Waals surface area contributed by atoms with Crippen molar-refractivity contribution in [2.45, 2.75) is 31.7 Å². The number of benzene rings is 1. The highest BCUT2D eigenvalue weighted by molar-refractivity contribution is 5.49. The molecule has 1 aliphatic rings. The first kappa shape index (κ1) is 15.5. The van der Waals surface area contributed by atoms with Crippen molar-refractivity contribution in [3.05, 3.63) is 41.6 Å². The Hall–Kier alpha value is -2.37. The Morgan fingerprint density at radius 1 is 1.22 bits per heavy atom. The highest BCUT2D eigenvalue weighted by Crippen LogP contribution is 2.45. The fourth-order valence-electron chi connectivity index (χ4n) is 2.47. The Labute approximate surface area is 134 Å². The average molecular weight is 317 g/mol. The number of hydrogen-bond donors (Lipinski definition) is 1. The standard InChI is InChI=1S/C17H20FN3O2/c1-17(7-8-17)16-19-9-6-14(21-16)20-10-11-12(18)4-5-13(22-2)15(11)23-3/h4-6,9H,7-8,10H2,1-3H3,(H,19,20,21). The van der Waals surface area contributed by atoms with Gasteiger partial charge in [-0.1, -0.05) is 6.92 Å². The molecule has 0 aliphatic heterocycles. The van der Waals surface area contributed by atoms with Gasteiger partial charge in [0, 0.05) is 18.2 Å². The van der Waals surface area contributed by atoms with Crippen LogP contribution in [0.25, 0.3) is 0 Å². The van der Waals surface area contributed by atoms with Crippen LogP contribution < -0.4 is 14.8 Å². The number of hydrogen-bond acceptors (Lipinski definition) is 5. The zero-order valence-electron chi connectivity index (χ0n) is 13.5. The van der Waals surface area contributed by atoms with E-state index in [1.807, 2.05) is 0 Å². The highest BCUT2D eigenvalue weighted by Gasteiger charge is 2.42. The van der Waals surface area contributed by atoms with Crippen LogP contribution in [0, 0.1) is 5.82 Å². The summed E-state index contributed by atoms with van der Waals surface area (Å²) in [5.74, 6) is 2.05. The van der Waals surface area contributed by atoms with Gasteiger partial charge in [-0.2, -0.15) is 0 Å². The van der Waals surface area contributed by atoms with Gasteiger partial charge in [0.15, 0.2) is 11.5 Å². The predicted molar refractivity (Wildman–Crippen MR) is 85.4 cm³/mol. The molecule has 1 saturated carbocycles. The third kappa shape index (κ3) is 3.06. The molecular formula is C17H20FN3O2. The summed E-state index contributed by atoms with van der Waals surface area (Å²) in [4.78, 5) is 8.87. The lowest BCUT2D eigenvalue weighted by Gasteiger charge is -2.15. The minimum atomic E-state index is -0.349. The Balaban J connectivity index is 1.81. The van der Waals surface area contributed by atoms with Gasteiger partial charge < -0.3 is 14.8 Å². The van der Waals surface area contributed by atoms with E-state index < -0.39 is 0 Å². The van der Waals surface area contributed by atoms with E-state index in [4.69, 9.17) is 9.47 Å². The first-order chi connectivity index (χ1) is 11.1. The lowest BCUT2D eigenvalue weighted by molar-refractivity contribution is 0.348. The van der Waals surface area contributed by atoms with E-state index in [-0.39, 0.29) is 17.8 Å². The van der Waals surface area contributed by atoms with Crippen LogP contribution in [0.5, 0.6) is 11.5 Å². The molecule has 0 radical (unpaired) electrons. The second-order valence-electron chi connectivity index (χ2n) is 5.94. The lowest BCUT2D eigenvalue weighted by atomic mass is 10.1. The number of ether oxygens (including phenoxy) is 2. The molecule has 6 heteroatoms. The number of halogens is 1. The van der Waals surface area contributed by atoms with Gasteiger partial charge in [-0.05, 0) is 31.0 Å². The molecule has 1 aliphatic carbocycles. The second-order valence-corrected chi connectivity index (χ2v) is 5.94. The van der Waals surface area contributed by atoms with Crippen molar-refractivity contribution in [2.75, 3.05) is 19.5 Å². The maximum absolute atomic E-state index is 14.1. The summed E-state index contributed by atoms with van der Waals surface area (Å²) in [7, 11) is 3.03. The molecule has 0 spiro atoms. The zero-order chi connectivity index (χ0) is 16.4. The SMILES string of the molecule is COc1ccc(F)c(CNc2ccnc(C3(C)CC3)n2)c1OC. The Morgan fingerprint density at radius 3 is 2.65 bits per heavy atom. The van der Waals surface area contributed by atoms with Crippen LogP contribution in [0.15, 0.2) is 24.4 Å². The monoisotopic (exact) mass is 317 g/mol. The topological polar surface area (TPSA) is 56.3 Å². The van der Waals surface area contributed by atoms with Crippen LogP contribution in [-0.4, -0.2) is 24.2 Å². The molecule has 5 nitrogen and oxygen atoms in total. The fraction of sp³-hybridized carbons (Fsp3) is 0.412. The molecular weight excluding hydrogens is 297 g/mol. The van der Waals surface area contributed by atoms with Crippen molar-refractivity contribution < 1.29 is 13.9 Å². The third-order valence-electron chi connectivity index (χ3n) is 4.23. The lowest BCUT2D eigenvalue weighted by Crippen LogP contribution is -2.11. The van der Waals surface area contributed by atoms with Crippen molar-refractivity contribution in [2.24, 2.45) is 0 Å². The van der Waals surface area contributed by atoms with Gasteiger partial charge >= 0.3 is 0 Å². The van der Waals surface area contributed by atoms with Gasteiger partial charge in [-0.15, -0.1) is 0 Å². The maximum atomic E-state index is 14.1. The molecule has 0 unspecified atom stereocenters. The maximum Gasteiger partial charge on any atom is 0.168 e. The zero-order valence-corrected chi connectivity index (χ0v) is 13.5. The summed E-state index contributed by atoms with van der Waals surface area (Å²) in [6, 6.07) is 4.70. The summed E-state index contributed by atoms with van der Waals surface area (Å²) in [6.45, 7) is 2.40.